The lowest BCUT2D eigenvalue weighted by molar-refractivity contribution is -0.383. The van der Waals surface area contributed by atoms with Crippen LogP contribution in [0.2, 0.25) is 0 Å². The fourth-order valence-electron chi connectivity index (χ4n) is 3.24. The summed E-state index contributed by atoms with van der Waals surface area (Å²) < 4.78 is 0. The van der Waals surface area contributed by atoms with Crippen LogP contribution in [-0.4, -0.2) is 39.9 Å². The molecule has 27 heavy (non-hydrogen) atoms. The number of carboxylic acid groups (broad SMARTS) is 1. The van der Waals surface area contributed by atoms with E-state index in [1.807, 2.05) is 6.07 Å². The van der Waals surface area contributed by atoms with Crippen molar-refractivity contribution in [3.8, 4) is 0 Å². The highest BCUT2D eigenvalue weighted by atomic mass is 16.6. The summed E-state index contributed by atoms with van der Waals surface area (Å²) in [6.45, 7) is 2.20. The van der Waals surface area contributed by atoms with Gasteiger partial charge in [-0.1, -0.05) is 25.1 Å². The van der Waals surface area contributed by atoms with Crippen molar-refractivity contribution in [2.75, 3.05) is 18.4 Å². The van der Waals surface area contributed by atoms with Crippen molar-refractivity contribution in [1.29, 1.82) is 0 Å². The Morgan fingerprint density at radius 1 is 1.19 bits per heavy atom. The number of nitro benzene ring substituents is 1. The van der Waals surface area contributed by atoms with Crippen molar-refractivity contribution in [2.45, 2.75) is 6.92 Å². The highest BCUT2D eigenvalue weighted by Crippen LogP contribution is 2.30. The second kappa shape index (κ2) is 7.45. The summed E-state index contributed by atoms with van der Waals surface area (Å²) in [4.78, 5) is 36.3. The average Bonchev–Trinajstić information content (AvgIpc) is 3.04. The molecule has 1 aliphatic heterocycles. The Morgan fingerprint density at radius 3 is 2.48 bits per heavy atom. The third kappa shape index (κ3) is 3.89. The predicted octanol–water partition coefficient (Wildman–Crippen LogP) is 3.13. The Bertz CT molecular complexity index is 884. The number of hydrogen-bond acceptors (Lipinski definition) is 5. The van der Waals surface area contributed by atoms with E-state index in [4.69, 9.17) is 0 Å². The molecule has 2 atom stereocenters. The summed E-state index contributed by atoms with van der Waals surface area (Å²) in [5, 5.41) is 23.7. The van der Waals surface area contributed by atoms with Crippen molar-refractivity contribution < 1.29 is 19.6 Å². The van der Waals surface area contributed by atoms with Crippen molar-refractivity contribution in [1.82, 2.24) is 4.90 Å². The average molecular weight is 369 g/mol. The van der Waals surface area contributed by atoms with Crippen LogP contribution in [0, 0.1) is 22.0 Å². The number of carbonyl (C=O) groups excluding carboxylic acids is 1. The minimum Gasteiger partial charge on any atom is -0.481 e. The fraction of sp³-hybridized carbons (Fsp3) is 0.263. The van der Waals surface area contributed by atoms with Crippen molar-refractivity contribution >= 4 is 28.9 Å². The van der Waals surface area contributed by atoms with E-state index in [9.17, 15) is 24.8 Å². The van der Waals surface area contributed by atoms with Crippen LogP contribution >= 0.6 is 0 Å². The van der Waals surface area contributed by atoms with Gasteiger partial charge < -0.3 is 15.3 Å². The molecule has 8 nitrogen and oxygen atoms in total. The van der Waals surface area contributed by atoms with Gasteiger partial charge in [0.25, 0.3) is 11.6 Å². The summed E-state index contributed by atoms with van der Waals surface area (Å²) in [6, 6.07) is 13.2. The van der Waals surface area contributed by atoms with E-state index >= 15 is 0 Å². The van der Waals surface area contributed by atoms with Gasteiger partial charge in [-0.3, -0.25) is 19.7 Å². The van der Waals surface area contributed by atoms with Gasteiger partial charge in [-0.15, -0.1) is 0 Å². The normalized spacial score (nSPS) is 18.9. The smallest absolute Gasteiger partial charge is 0.308 e. The molecule has 0 unspecified atom stereocenters. The highest BCUT2D eigenvalue weighted by molar-refractivity contribution is 5.96. The van der Waals surface area contributed by atoms with Gasteiger partial charge in [0.05, 0.1) is 10.8 Å². The first-order chi connectivity index (χ1) is 12.9. The first-order valence-electron chi connectivity index (χ1n) is 8.49. The predicted molar refractivity (Wildman–Crippen MR) is 99.0 cm³/mol. The number of carboxylic acids is 1. The monoisotopic (exact) mass is 369 g/mol. The van der Waals surface area contributed by atoms with Crippen LogP contribution in [0.4, 0.5) is 17.1 Å². The molecule has 1 fully saturated rings. The van der Waals surface area contributed by atoms with Crippen LogP contribution in [0.25, 0.3) is 0 Å². The Morgan fingerprint density at radius 2 is 1.89 bits per heavy atom. The van der Waals surface area contributed by atoms with E-state index in [-0.39, 0.29) is 29.4 Å². The minimum absolute atomic E-state index is 0.104. The molecule has 3 rings (SSSR count). The quantitative estimate of drug-likeness (QED) is 0.618. The van der Waals surface area contributed by atoms with E-state index in [1.165, 1.54) is 23.1 Å². The zero-order valence-corrected chi connectivity index (χ0v) is 14.7. The fourth-order valence-corrected chi connectivity index (χ4v) is 3.24. The summed E-state index contributed by atoms with van der Waals surface area (Å²) in [6.07, 6.45) is 0. The molecule has 140 valence electrons. The number of likely N-dealkylation sites (tertiary alicyclic amines) is 1. The molecule has 2 aromatic rings. The number of nitro groups is 1. The van der Waals surface area contributed by atoms with Crippen LogP contribution in [-0.2, 0) is 4.79 Å². The lowest BCUT2D eigenvalue weighted by Gasteiger charge is -2.16. The first-order valence-corrected chi connectivity index (χ1v) is 8.49. The van der Waals surface area contributed by atoms with Crippen LogP contribution in [0.1, 0.15) is 17.3 Å². The Kier molecular flexibility index (Phi) is 5.07. The molecule has 0 radical (unpaired) electrons. The summed E-state index contributed by atoms with van der Waals surface area (Å²) in [7, 11) is 0. The number of carbonyl (C=O) groups is 2. The van der Waals surface area contributed by atoms with Gasteiger partial charge in [-0.25, -0.2) is 0 Å². The maximum atomic E-state index is 12.7. The molecule has 0 saturated carbocycles. The molecule has 2 N–H and O–H groups in total. The second-order valence-electron chi connectivity index (χ2n) is 6.61. The molecule has 1 saturated heterocycles. The van der Waals surface area contributed by atoms with Gasteiger partial charge in [-0.2, -0.15) is 0 Å². The van der Waals surface area contributed by atoms with Gasteiger partial charge in [0, 0.05) is 30.4 Å². The van der Waals surface area contributed by atoms with Gasteiger partial charge in [0.2, 0.25) is 0 Å². The highest BCUT2D eigenvalue weighted by Gasteiger charge is 2.37. The van der Waals surface area contributed by atoms with Crippen molar-refractivity contribution in [2.24, 2.45) is 11.8 Å². The van der Waals surface area contributed by atoms with Gasteiger partial charge in [0.15, 0.2) is 0 Å². The summed E-state index contributed by atoms with van der Waals surface area (Å²) in [5.74, 6) is -2.13. The molecule has 8 heteroatoms. The van der Waals surface area contributed by atoms with E-state index in [1.54, 1.807) is 31.2 Å². The molecular formula is C19H19N3O5. The largest absolute Gasteiger partial charge is 0.481 e. The maximum Gasteiger partial charge on any atom is 0.308 e. The summed E-state index contributed by atoms with van der Waals surface area (Å²) in [5.41, 5.74) is 0.920. The molecule has 2 aromatic carbocycles. The SMILES string of the molecule is C[C@@H]1CN(C(=O)c2ccc(Nc3ccccc3)c([N+](=O)[O-])c2)C[C@H]1C(=O)O. The number of para-hydroxylation sites is 1. The Balaban J connectivity index is 1.85. The number of aliphatic carboxylic acids is 1. The van der Waals surface area contributed by atoms with Crippen molar-refractivity contribution in [3.63, 3.8) is 0 Å². The number of anilines is 2. The molecular weight excluding hydrogens is 350 g/mol. The standard InChI is InChI=1S/C19H19N3O5/c1-12-10-21(11-15(12)19(24)25)18(23)13-7-8-16(17(9-13)22(26)27)20-14-5-3-2-4-6-14/h2-9,12,15,20H,10-11H2,1H3,(H,24,25)/t12-,15-/m1/s1. The third-order valence-electron chi connectivity index (χ3n) is 4.71. The van der Waals surface area contributed by atoms with E-state index in [0.717, 1.165) is 0 Å². The molecule has 1 amide bonds. The minimum atomic E-state index is -0.939. The maximum absolute atomic E-state index is 12.7. The molecule has 0 aliphatic carbocycles. The summed E-state index contributed by atoms with van der Waals surface area (Å²) >= 11 is 0. The van der Waals surface area contributed by atoms with Crippen molar-refractivity contribution in [3.05, 3.63) is 64.2 Å². The molecule has 1 heterocycles. The number of rotatable bonds is 5. The Labute approximate surface area is 155 Å². The first kappa shape index (κ1) is 18.4. The molecule has 0 spiro atoms. The number of hydrogen-bond donors (Lipinski definition) is 2. The lowest BCUT2D eigenvalue weighted by Crippen LogP contribution is -2.30. The van der Waals surface area contributed by atoms with Crippen LogP contribution in [0.5, 0.6) is 0 Å². The van der Waals surface area contributed by atoms with Gasteiger partial charge >= 0.3 is 5.97 Å². The zero-order valence-electron chi connectivity index (χ0n) is 14.7. The Hall–Kier alpha value is -3.42. The van der Waals surface area contributed by atoms with E-state index in [0.29, 0.717) is 12.2 Å². The number of nitrogens with zero attached hydrogens (tertiary/aromatic N) is 2. The van der Waals surface area contributed by atoms with Crippen LogP contribution in [0.3, 0.4) is 0 Å². The van der Waals surface area contributed by atoms with Crippen LogP contribution < -0.4 is 5.32 Å². The number of nitrogens with one attached hydrogen (secondary N) is 1. The van der Waals surface area contributed by atoms with Crippen LogP contribution in [0.15, 0.2) is 48.5 Å². The lowest BCUT2D eigenvalue weighted by atomic mass is 9.99. The molecule has 0 bridgehead atoms. The third-order valence-corrected chi connectivity index (χ3v) is 4.71. The number of benzene rings is 2. The van der Waals surface area contributed by atoms with Gasteiger partial charge in [0.1, 0.15) is 5.69 Å². The zero-order chi connectivity index (χ0) is 19.6. The molecule has 1 aliphatic rings. The topological polar surface area (TPSA) is 113 Å². The second-order valence-corrected chi connectivity index (χ2v) is 6.61. The van der Waals surface area contributed by atoms with E-state index in [2.05, 4.69) is 5.32 Å². The van der Waals surface area contributed by atoms with Gasteiger partial charge in [-0.05, 0) is 30.2 Å². The number of amides is 1. The van der Waals surface area contributed by atoms with E-state index < -0.39 is 22.7 Å². The molecule has 0 aromatic heterocycles.